The Morgan fingerprint density at radius 2 is 1.84 bits per heavy atom. The van der Waals surface area contributed by atoms with Gasteiger partial charge in [-0.3, -0.25) is 5.10 Å². The maximum Gasteiger partial charge on any atom is 0.342 e. The molecule has 0 fully saturated rings. The van der Waals surface area contributed by atoms with E-state index >= 15 is 0 Å². The Labute approximate surface area is 223 Å². The van der Waals surface area contributed by atoms with Gasteiger partial charge in [0.05, 0.1) is 19.3 Å². The van der Waals surface area contributed by atoms with Crippen LogP contribution in [0.1, 0.15) is 18.1 Å². The molecule has 10 heteroatoms. The maximum atomic E-state index is 12.0. The van der Waals surface area contributed by atoms with Crippen LogP contribution in [0.2, 0.25) is 5.02 Å². The Hall–Kier alpha value is -3.95. The second-order valence-electron chi connectivity index (χ2n) is 7.64. The first-order chi connectivity index (χ1) is 18.0. The van der Waals surface area contributed by atoms with E-state index in [-0.39, 0.29) is 10.1 Å². The standard InChI is InChI=1S/C27H24ClN3O5S/c1-3-35-23-13-18(9-11-22(23)36-16-17-7-5-4-6-8-17)14-24(26(32)33)37-27-29-25(30-31-27)20-15-19(28)10-12-21(20)34-2/h4-15H,3,16H2,1-2H3,(H,32,33)(H,29,30,31)/b24-14-. The number of methoxy groups -OCH3 is 1. The molecule has 3 aromatic carbocycles. The van der Waals surface area contributed by atoms with E-state index in [1.165, 1.54) is 6.08 Å². The van der Waals surface area contributed by atoms with Crippen molar-refractivity contribution in [3.63, 3.8) is 0 Å². The van der Waals surface area contributed by atoms with Crippen molar-refractivity contribution < 1.29 is 24.1 Å². The zero-order valence-electron chi connectivity index (χ0n) is 20.1. The van der Waals surface area contributed by atoms with Crippen molar-refractivity contribution in [2.45, 2.75) is 18.7 Å². The summed E-state index contributed by atoms with van der Waals surface area (Å²) in [5.41, 5.74) is 2.27. The highest BCUT2D eigenvalue weighted by Gasteiger charge is 2.17. The van der Waals surface area contributed by atoms with Gasteiger partial charge in [0.15, 0.2) is 17.3 Å². The minimum Gasteiger partial charge on any atom is -0.496 e. The number of hydrogen-bond acceptors (Lipinski definition) is 7. The van der Waals surface area contributed by atoms with Crippen LogP contribution >= 0.6 is 23.4 Å². The summed E-state index contributed by atoms with van der Waals surface area (Å²) in [6.45, 7) is 2.69. The lowest BCUT2D eigenvalue weighted by molar-refractivity contribution is -0.131. The van der Waals surface area contributed by atoms with E-state index in [2.05, 4.69) is 15.2 Å². The molecule has 1 aromatic heterocycles. The molecule has 0 spiro atoms. The van der Waals surface area contributed by atoms with Gasteiger partial charge in [-0.2, -0.15) is 0 Å². The van der Waals surface area contributed by atoms with Gasteiger partial charge in [0, 0.05) is 5.02 Å². The van der Waals surface area contributed by atoms with Crippen LogP contribution in [-0.4, -0.2) is 40.0 Å². The zero-order valence-corrected chi connectivity index (χ0v) is 21.7. The van der Waals surface area contributed by atoms with Crippen molar-refractivity contribution in [3.05, 3.63) is 87.8 Å². The molecule has 0 saturated heterocycles. The molecule has 190 valence electrons. The number of aromatic amines is 1. The molecular formula is C27H24ClN3O5S. The van der Waals surface area contributed by atoms with E-state index in [0.717, 1.165) is 17.3 Å². The van der Waals surface area contributed by atoms with Crippen LogP contribution in [0.3, 0.4) is 0 Å². The van der Waals surface area contributed by atoms with E-state index < -0.39 is 5.97 Å². The first-order valence-electron chi connectivity index (χ1n) is 11.3. The van der Waals surface area contributed by atoms with E-state index in [1.807, 2.05) is 37.3 Å². The Bertz CT molecular complexity index is 1410. The molecule has 37 heavy (non-hydrogen) atoms. The predicted octanol–water partition coefficient (Wildman–Crippen LogP) is 6.33. The van der Waals surface area contributed by atoms with Gasteiger partial charge >= 0.3 is 5.97 Å². The van der Waals surface area contributed by atoms with Crippen LogP contribution in [0, 0.1) is 0 Å². The van der Waals surface area contributed by atoms with Crippen LogP contribution in [0.4, 0.5) is 0 Å². The number of carboxylic acids is 1. The predicted molar refractivity (Wildman–Crippen MR) is 143 cm³/mol. The Morgan fingerprint density at radius 3 is 2.57 bits per heavy atom. The summed E-state index contributed by atoms with van der Waals surface area (Å²) in [6, 6.07) is 20.2. The summed E-state index contributed by atoms with van der Waals surface area (Å²) < 4.78 is 17.1. The smallest absolute Gasteiger partial charge is 0.342 e. The summed E-state index contributed by atoms with van der Waals surface area (Å²) in [5, 5.41) is 17.5. The van der Waals surface area contributed by atoms with Crippen molar-refractivity contribution in [1.82, 2.24) is 15.2 Å². The highest BCUT2D eigenvalue weighted by atomic mass is 35.5. The molecular weight excluding hydrogens is 514 g/mol. The van der Waals surface area contributed by atoms with Crippen molar-refractivity contribution >= 4 is 35.4 Å². The van der Waals surface area contributed by atoms with Crippen molar-refractivity contribution in [2.75, 3.05) is 13.7 Å². The fourth-order valence-electron chi connectivity index (χ4n) is 3.40. The van der Waals surface area contributed by atoms with Crippen LogP contribution < -0.4 is 14.2 Å². The van der Waals surface area contributed by atoms with Gasteiger partial charge in [-0.1, -0.05) is 48.0 Å². The molecule has 4 aromatic rings. The summed E-state index contributed by atoms with van der Waals surface area (Å²) >= 11 is 7.03. The molecule has 4 rings (SSSR count). The highest BCUT2D eigenvalue weighted by molar-refractivity contribution is 8.04. The lowest BCUT2D eigenvalue weighted by atomic mass is 10.2. The van der Waals surface area contributed by atoms with Crippen molar-refractivity contribution in [3.8, 4) is 28.6 Å². The number of nitrogens with zero attached hydrogens (tertiary/aromatic N) is 2. The van der Waals surface area contributed by atoms with E-state index in [4.69, 9.17) is 25.8 Å². The number of rotatable bonds is 11. The minimum absolute atomic E-state index is 0.0315. The third-order valence-corrected chi connectivity index (χ3v) is 6.21. The van der Waals surface area contributed by atoms with Crippen LogP contribution in [0.15, 0.2) is 76.8 Å². The number of hydrogen-bond donors (Lipinski definition) is 2. The lowest BCUT2D eigenvalue weighted by Crippen LogP contribution is -2.00. The number of benzene rings is 3. The molecule has 0 amide bonds. The quantitative estimate of drug-likeness (QED) is 0.169. The Kier molecular flexibility index (Phi) is 8.71. The van der Waals surface area contributed by atoms with Crippen molar-refractivity contribution in [2.24, 2.45) is 0 Å². The molecule has 0 atom stereocenters. The number of halogens is 1. The van der Waals surface area contributed by atoms with Crippen LogP contribution in [-0.2, 0) is 11.4 Å². The highest BCUT2D eigenvalue weighted by Crippen LogP contribution is 2.34. The van der Waals surface area contributed by atoms with Gasteiger partial charge in [0.1, 0.15) is 17.3 Å². The zero-order chi connectivity index (χ0) is 26.2. The van der Waals surface area contributed by atoms with Gasteiger partial charge < -0.3 is 19.3 Å². The second-order valence-corrected chi connectivity index (χ2v) is 9.09. The average Bonchev–Trinajstić information content (AvgIpc) is 3.37. The van der Waals surface area contributed by atoms with E-state index in [9.17, 15) is 9.90 Å². The second kappa shape index (κ2) is 12.3. The number of nitrogens with one attached hydrogen (secondary N) is 1. The number of H-pyrrole nitrogens is 1. The van der Waals surface area contributed by atoms with Gasteiger partial charge in [-0.15, -0.1) is 5.10 Å². The molecule has 1 heterocycles. The lowest BCUT2D eigenvalue weighted by Gasteiger charge is -2.13. The number of carboxylic acid groups (broad SMARTS) is 1. The maximum absolute atomic E-state index is 12.0. The van der Waals surface area contributed by atoms with Crippen LogP contribution in [0.25, 0.3) is 17.5 Å². The largest absolute Gasteiger partial charge is 0.496 e. The number of thioether (sulfide) groups is 1. The molecule has 0 aliphatic rings. The number of ether oxygens (including phenoxy) is 3. The molecule has 0 bridgehead atoms. The number of carbonyl (C=O) groups is 1. The van der Waals surface area contributed by atoms with Gasteiger partial charge in [-0.05, 0) is 66.2 Å². The summed E-state index contributed by atoms with van der Waals surface area (Å²) in [7, 11) is 1.54. The third-order valence-electron chi connectivity index (χ3n) is 5.10. The van der Waals surface area contributed by atoms with E-state index in [0.29, 0.717) is 52.4 Å². The monoisotopic (exact) mass is 537 g/mol. The molecule has 0 radical (unpaired) electrons. The first kappa shape index (κ1) is 26.1. The molecule has 8 nitrogen and oxygen atoms in total. The molecule has 0 saturated carbocycles. The SMILES string of the molecule is CCOc1cc(/C=C(\Sc2n[nH]c(-c3cc(Cl)ccc3OC)n2)C(=O)O)ccc1OCc1ccccc1. The van der Waals surface area contributed by atoms with Gasteiger partial charge in [0.2, 0.25) is 5.16 Å². The molecule has 2 N–H and O–H groups in total. The topological polar surface area (TPSA) is 107 Å². The summed E-state index contributed by atoms with van der Waals surface area (Å²) in [4.78, 5) is 16.5. The number of aromatic nitrogens is 3. The summed E-state index contributed by atoms with van der Waals surface area (Å²) in [5.74, 6) is 0.949. The van der Waals surface area contributed by atoms with Crippen molar-refractivity contribution in [1.29, 1.82) is 0 Å². The minimum atomic E-state index is -1.11. The van der Waals surface area contributed by atoms with Gasteiger partial charge in [-0.25, -0.2) is 9.78 Å². The number of aliphatic carboxylic acids is 1. The Morgan fingerprint density at radius 1 is 1.05 bits per heavy atom. The molecule has 0 aliphatic heterocycles. The van der Waals surface area contributed by atoms with Gasteiger partial charge in [0.25, 0.3) is 0 Å². The van der Waals surface area contributed by atoms with E-state index in [1.54, 1.807) is 43.5 Å². The first-order valence-corrected chi connectivity index (χ1v) is 12.5. The molecule has 0 aliphatic carbocycles. The average molecular weight is 538 g/mol. The normalized spacial score (nSPS) is 11.3. The Balaban J connectivity index is 1.55. The third kappa shape index (κ3) is 6.84. The fourth-order valence-corrected chi connectivity index (χ4v) is 4.28. The fraction of sp³-hybridized carbons (Fsp3) is 0.148. The molecule has 0 unspecified atom stereocenters. The summed E-state index contributed by atoms with van der Waals surface area (Å²) in [6.07, 6.45) is 1.53. The van der Waals surface area contributed by atoms with Crippen LogP contribution in [0.5, 0.6) is 17.2 Å².